The second-order valence-corrected chi connectivity index (χ2v) is 9.77. The van der Waals surface area contributed by atoms with Gasteiger partial charge in [-0.05, 0) is 14.0 Å². The van der Waals surface area contributed by atoms with Crippen LogP contribution < -0.4 is 11.1 Å². The van der Waals surface area contributed by atoms with E-state index in [2.05, 4.69) is 10.2 Å². The fourth-order valence-electron chi connectivity index (χ4n) is 5.82. The highest BCUT2D eigenvalue weighted by molar-refractivity contribution is 8.01. The maximum Gasteiger partial charge on any atom is 0.404 e. The van der Waals surface area contributed by atoms with Crippen molar-refractivity contribution in [1.82, 2.24) is 15.1 Å². The number of methoxy groups -OCH3 is 1. The third-order valence-corrected chi connectivity index (χ3v) is 8.57. The standard InChI is InChI=1S/C18H24N4O5S/c1-17-13(20-4-5-28-17)12(23)10-8(7-27-16(19)25)18(26-3)14-9(21(14)2)6-22(18)11(10)15(17)24/h8-9,13-14,20H,4-7H2,1-3H3,(H2,19,25)/t8-,9+,13?,14+,17?,18-,21?/m1/s1. The summed E-state index contributed by atoms with van der Waals surface area (Å²) in [6, 6.07) is -0.313. The highest BCUT2D eigenvalue weighted by Gasteiger charge is 2.76. The monoisotopic (exact) mass is 408 g/mol. The van der Waals surface area contributed by atoms with Gasteiger partial charge in [-0.1, -0.05) is 0 Å². The molecule has 9 nitrogen and oxygen atoms in total. The summed E-state index contributed by atoms with van der Waals surface area (Å²) < 4.78 is 10.4. The number of ether oxygens (including phenoxy) is 2. The molecule has 4 aliphatic heterocycles. The van der Waals surface area contributed by atoms with Crippen LogP contribution in [-0.2, 0) is 19.1 Å². The zero-order valence-electron chi connectivity index (χ0n) is 16.1. The zero-order valence-corrected chi connectivity index (χ0v) is 16.9. The van der Waals surface area contributed by atoms with Crippen LogP contribution in [0, 0.1) is 5.92 Å². The summed E-state index contributed by atoms with van der Waals surface area (Å²) in [7, 11) is 3.59. The van der Waals surface area contributed by atoms with Crippen molar-refractivity contribution in [2.45, 2.75) is 35.5 Å². The Morgan fingerprint density at radius 2 is 2.18 bits per heavy atom. The van der Waals surface area contributed by atoms with Gasteiger partial charge in [0.1, 0.15) is 11.4 Å². The van der Waals surface area contributed by atoms with Gasteiger partial charge < -0.3 is 25.4 Å². The molecular weight excluding hydrogens is 384 g/mol. The normalized spacial score (nSPS) is 46.1. The maximum absolute atomic E-state index is 13.7. The van der Waals surface area contributed by atoms with E-state index in [0.29, 0.717) is 24.4 Å². The minimum atomic E-state index is -0.906. The number of ketones is 2. The summed E-state index contributed by atoms with van der Waals surface area (Å²) in [6.45, 7) is 3.04. The molecule has 3 N–H and O–H groups in total. The van der Waals surface area contributed by atoms with Crippen molar-refractivity contribution in [2.24, 2.45) is 11.7 Å². The number of nitrogens with zero attached hydrogens (tertiary/aromatic N) is 2. The number of nitrogens with one attached hydrogen (secondary N) is 1. The molecule has 4 heterocycles. The average Bonchev–Trinajstić information content (AvgIpc) is 3.05. The molecule has 1 amide bonds. The molecule has 0 spiro atoms. The van der Waals surface area contributed by atoms with Gasteiger partial charge in [0, 0.05) is 37.6 Å². The number of amides is 1. The van der Waals surface area contributed by atoms with Gasteiger partial charge in [-0.2, -0.15) is 0 Å². The number of carbonyl (C=O) groups excluding carboxylic acids is 3. The van der Waals surface area contributed by atoms with Gasteiger partial charge in [0.2, 0.25) is 0 Å². The van der Waals surface area contributed by atoms with Crippen LogP contribution in [-0.4, -0.2) is 95.7 Å². The second-order valence-electron chi connectivity index (χ2n) is 8.23. The Balaban J connectivity index is 1.65. The van der Waals surface area contributed by atoms with E-state index in [-0.39, 0.29) is 30.3 Å². The van der Waals surface area contributed by atoms with E-state index in [0.717, 1.165) is 5.75 Å². The van der Waals surface area contributed by atoms with Crippen LogP contribution in [0.5, 0.6) is 0 Å². The molecule has 0 radical (unpaired) electrons. The molecule has 0 aromatic heterocycles. The van der Waals surface area contributed by atoms with Crippen LogP contribution in [0.3, 0.4) is 0 Å². The summed E-state index contributed by atoms with van der Waals surface area (Å²) in [4.78, 5) is 42.7. The predicted octanol–water partition coefficient (Wildman–Crippen LogP) is -1.08. The Hall–Kier alpha value is -1.62. The van der Waals surface area contributed by atoms with Gasteiger partial charge >= 0.3 is 6.09 Å². The average molecular weight is 408 g/mol. The van der Waals surface area contributed by atoms with E-state index in [1.165, 1.54) is 11.8 Å². The van der Waals surface area contributed by atoms with E-state index in [4.69, 9.17) is 15.2 Å². The number of fused-ring (bicyclic) bond motifs is 5. The van der Waals surface area contributed by atoms with Crippen molar-refractivity contribution in [1.29, 1.82) is 0 Å². The van der Waals surface area contributed by atoms with Gasteiger partial charge in [0.25, 0.3) is 0 Å². The summed E-state index contributed by atoms with van der Waals surface area (Å²) >= 11 is 1.53. The number of nitrogens with two attached hydrogens (primary N) is 1. The van der Waals surface area contributed by atoms with Crippen LogP contribution in [0.1, 0.15) is 6.92 Å². The topological polar surface area (TPSA) is 114 Å². The molecule has 28 heavy (non-hydrogen) atoms. The lowest BCUT2D eigenvalue weighted by Crippen LogP contribution is -2.63. The SMILES string of the molecule is CO[C@@]12[C@H](COC(N)=O)C3=C(C(=O)C4(C)SCCNC4C3=O)N1C[C@H]1[C@@H]2N1C. The summed E-state index contributed by atoms with van der Waals surface area (Å²) in [5, 5.41) is 3.24. The second kappa shape index (κ2) is 5.71. The Morgan fingerprint density at radius 3 is 2.86 bits per heavy atom. The Morgan fingerprint density at radius 1 is 1.43 bits per heavy atom. The highest BCUT2D eigenvalue weighted by Crippen LogP contribution is 2.60. The van der Waals surface area contributed by atoms with Crippen LogP contribution in [0.25, 0.3) is 0 Å². The minimum absolute atomic E-state index is 0.0284. The first-order valence-corrected chi connectivity index (χ1v) is 10.4. The fraction of sp³-hybridized carbons (Fsp3) is 0.722. The van der Waals surface area contributed by atoms with Crippen LogP contribution >= 0.6 is 11.8 Å². The number of likely N-dealkylation sites (N-methyl/N-ethyl adjacent to an activating group) is 1. The predicted molar refractivity (Wildman–Crippen MR) is 101 cm³/mol. The summed E-state index contributed by atoms with van der Waals surface area (Å²) in [5.41, 5.74) is 5.17. The molecule has 0 bridgehead atoms. The number of Topliss-reactive ketones (excluding diaryl/α,β-unsaturated/α-hetero) is 2. The Labute approximate surface area is 166 Å². The van der Waals surface area contributed by atoms with Crippen LogP contribution in [0.15, 0.2) is 11.3 Å². The lowest BCUT2D eigenvalue weighted by Gasteiger charge is -2.44. The smallest absolute Gasteiger partial charge is 0.404 e. The minimum Gasteiger partial charge on any atom is -0.449 e. The zero-order chi connectivity index (χ0) is 20.0. The van der Waals surface area contributed by atoms with E-state index in [1.807, 2.05) is 18.9 Å². The molecule has 0 aromatic carbocycles. The van der Waals surface area contributed by atoms with E-state index in [1.54, 1.807) is 7.11 Å². The van der Waals surface area contributed by atoms with Crippen molar-refractivity contribution < 1.29 is 23.9 Å². The molecule has 3 fully saturated rings. The van der Waals surface area contributed by atoms with Gasteiger partial charge in [0.05, 0.1) is 23.7 Å². The number of rotatable bonds is 3. The quantitative estimate of drug-likeness (QED) is 0.563. The molecule has 7 atom stereocenters. The van der Waals surface area contributed by atoms with Crippen LogP contribution in [0.4, 0.5) is 4.79 Å². The van der Waals surface area contributed by atoms with Crippen molar-refractivity contribution >= 4 is 29.4 Å². The fourth-order valence-corrected chi connectivity index (χ4v) is 7.04. The largest absolute Gasteiger partial charge is 0.449 e. The van der Waals surface area contributed by atoms with E-state index >= 15 is 0 Å². The third-order valence-electron chi connectivity index (χ3n) is 7.14. The van der Waals surface area contributed by atoms with Gasteiger partial charge in [-0.15, -0.1) is 11.8 Å². The number of primary amides is 1. The molecule has 3 saturated heterocycles. The molecule has 0 saturated carbocycles. The Bertz CT molecular complexity index is 833. The van der Waals surface area contributed by atoms with Gasteiger partial charge in [-0.25, -0.2) is 4.79 Å². The number of hydrogen-bond acceptors (Lipinski definition) is 9. The number of thioether (sulfide) groups is 1. The first-order valence-electron chi connectivity index (χ1n) is 9.46. The van der Waals surface area contributed by atoms with E-state index in [9.17, 15) is 14.4 Å². The molecule has 152 valence electrons. The number of carbonyl (C=O) groups is 3. The Kier molecular flexibility index (Phi) is 3.76. The third kappa shape index (κ3) is 1.96. The number of hydrogen-bond donors (Lipinski definition) is 2. The highest BCUT2D eigenvalue weighted by atomic mass is 32.2. The first-order chi connectivity index (χ1) is 13.3. The van der Waals surface area contributed by atoms with Crippen molar-refractivity contribution in [3.05, 3.63) is 11.3 Å². The van der Waals surface area contributed by atoms with E-state index < -0.39 is 28.5 Å². The molecule has 3 unspecified atom stereocenters. The lowest BCUT2D eigenvalue weighted by molar-refractivity contribution is -0.145. The summed E-state index contributed by atoms with van der Waals surface area (Å²) in [6.07, 6.45) is -0.906. The molecule has 5 aliphatic rings. The van der Waals surface area contributed by atoms with Crippen LogP contribution in [0.2, 0.25) is 0 Å². The summed E-state index contributed by atoms with van der Waals surface area (Å²) in [5.74, 6) is 0.0608. The molecule has 1 aliphatic carbocycles. The first kappa shape index (κ1) is 18.4. The molecular formula is C18H24N4O5S. The number of piperazine rings is 1. The maximum atomic E-state index is 13.7. The molecule has 5 rings (SSSR count). The molecule has 10 heteroatoms. The van der Waals surface area contributed by atoms with Crippen molar-refractivity contribution in [2.75, 3.05) is 39.6 Å². The molecule has 0 aromatic rings. The van der Waals surface area contributed by atoms with Gasteiger partial charge in [0.15, 0.2) is 17.3 Å². The van der Waals surface area contributed by atoms with Gasteiger partial charge in [-0.3, -0.25) is 14.5 Å². The van der Waals surface area contributed by atoms with Crippen molar-refractivity contribution in [3.63, 3.8) is 0 Å². The van der Waals surface area contributed by atoms with Crippen molar-refractivity contribution in [3.8, 4) is 0 Å². The number of allylic oxidation sites excluding steroid dienone is 1. The lowest BCUT2D eigenvalue weighted by atomic mass is 9.76.